The van der Waals surface area contributed by atoms with E-state index in [-0.39, 0.29) is 0 Å². The van der Waals surface area contributed by atoms with Crippen LogP contribution in [0.3, 0.4) is 0 Å². The first-order valence-corrected chi connectivity index (χ1v) is 5.71. The molecule has 1 heterocycles. The Hall–Kier alpha value is -2.31. The van der Waals surface area contributed by atoms with Crippen molar-refractivity contribution in [2.24, 2.45) is 0 Å². The molecule has 1 aromatic heterocycles. The van der Waals surface area contributed by atoms with E-state index in [4.69, 9.17) is 5.11 Å². The predicted molar refractivity (Wildman–Crippen MR) is 65.4 cm³/mol. The smallest absolute Gasteiger partial charge is 0.341 e. The van der Waals surface area contributed by atoms with Crippen molar-refractivity contribution >= 4 is 16.9 Å². The molecule has 7 heteroatoms. The zero-order valence-electron chi connectivity index (χ0n) is 10.6. The molecule has 0 saturated carbocycles. The molecule has 0 saturated heterocycles. The molecule has 4 nitrogen and oxygen atoms in total. The first kappa shape index (κ1) is 14.1. The number of carboxylic acids is 1. The number of nitrogens with zero attached hydrogens (tertiary/aromatic N) is 1. The highest BCUT2D eigenvalue weighted by molar-refractivity contribution is 5.92. The molecular weight excluding hydrogens is 275 g/mol. The number of aromatic carboxylic acids is 1. The third kappa shape index (κ3) is 1.95. The van der Waals surface area contributed by atoms with Crippen LogP contribution < -0.4 is 5.43 Å². The number of benzene rings is 1. The lowest BCUT2D eigenvalue weighted by atomic mass is 10.1. The Labute approximate surface area is 111 Å². The molecule has 0 aliphatic heterocycles. The Morgan fingerprint density at radius 3 is 2.35 bits per heavy atom. The fourth-order valence-corrected chi connectivity index (χ4v) is 1.98. The van der Waals surface area contributed by atoms with Gasteiger partial charge in [0.1, 0.15) is 5.56 Å². The first-order chi connectivity index (χ1) is 9.25. The second-order valence-corrected chi connectivity index (χ2v) is 4.56. The van der Waals surface area contributed by atoms with Crippen molar-refractivity contribution < 1.29 is 23.1 Å². The lowest BCUT2D eigenvalue weighted by Crippen LogP contribution is -2.21. The zero-order valence-corrected chi connectivity index (χ0v) is 10.6. The Morgan fingerprint density at radius 1 is 1.25 bits per heavy atom. The number of carboxylic acid groups (broad SMARTS) is 1. The summed E-state index contributed by atoms with van der Waals surface area (Å²) >= 11 is 0. The van der Waals surface area contributed by atoms with E-state index in [1.165, 1.54) is 0 Å². The minimum absolute atomic E-state index is 0.449. The van der Waals surface area contributed by atoms with Crippen molar-refractivity contribution in [3.8, 4) is 0 Å². The zero-order chi connectivity index (χ0) is 15.2. The molecule has 0 fully saturated rings. The molecule has 2 aromatic rings. The van der Waals surface area contributed by atoms with E-state index in [2.05, 4.69) is 0 Å². The number of rotatable bonds is 2. The van der Waals surface area contributed by atoms with E-state index in [9.17, 15) is 22.8 Å². The summed E-state index contributed by atoms with van der Waals surface area (Å²) in [6.45, 7) is 3.19. The first-order valence-electron chi connectivity index (χ1n) is 5.71. The number of aromatic nitrogens is 1. The molecule has 0 radical (unpaired) electrons. The Bertz CT molecular complexity index is 781. The molecule has 1 N–H and O–H groups in total. The summed E-state index contributed by atoms with van der Waals surface area (Å²) in [5.41, 5.74) is -2.13. The van der Waals surface area contributed by atoms with E-state index >= 15 is 0 Å². The van der Waals surface area contributed by atoms with Crippen LogP contribution >= 0.6 is 0 Å². The van der Waals surface area contributed by atoms with Crippen molar-refractivity contribution in [1.82, 2.24) is 4.57 Å². The van der Waals surface area contributed by atoms with Crippen LogP contribution in [0.25, 0.3) is 10.9 Å². The summed E-state index contributed by atoms with van der Waals surface area (Å²) in [5, 5.41) is 8.45. The van der Waals surface area contributed by atoms with Gasteiger partial charge in [-0.25, -0.2) is 18.0 Å². The maximum atomic E-state index is 13.9. The summed E-state index contributed by atoms with van der Waals surface area (Å²) in [4.78, 5) is 22.9. The number of carbonyl (C=O) groups is 1. The minimum atomic E-state index is -1.70. The SMILES string of the molecule is CC(C)n1cc(C(=O)O)c(=O)c2cc(F)c(F)c(F)c21. The van der Waals surface area contributed by atoms with Gasteiger partial charge in [0.25, 0.3) is 0 Å². The lowest BCUT2D eigenvalue weighted by Gasteiger charge is -2.16. The molecule has 0 unspecified atom stereocenters. The molecule has 20 heavy (non-hydrogen) atoms. The fourth-order valence-electron chi connectivity index (χ4n) is 1.98. The van der Waals surface area contributed by atoms with Crippen LogP contribution in [0, 0.1) is 17.5 Å². The highest BCUT2D eigenvalue weighted by atomic mass is 19.2. The standard InChI is InChI=1S/C13H10F3NO3/c1-5(2)17-4-7(13(19)20)12(18)6-3-8(14)9(15)10(16)11(6)17/h3-5H,1-2H3,(H,19,20). The molecule has 2 rings (SSSR count). The summed E-state index contributed by atoms with van der Waals surface area (Å²) < 4.78 is 41.5. The quantitative estimate of drug-likeness (QED) is 0.863. The van der Waals surface area contributed by atoms with Crippen LogP contribution in [0.2, 0.25) is 0 Å². The van der Waals surface area contributed by atoms with E-state index in [0.29, 0.717) is 6.07 Å². The van der Waals surface area contributed by atoms with Crippen molar-refractivity contribution in [2.75, 3.05) is 0 Å². The summed E-state index contributed by atoms with van der Waals surface area (Å²) in [7, 11) is 0. The van der Waals surface area contributed by atoms with Crippen LogP contribution in [0.1, 0.15) is 30.2 Å². The normalized spacial score (nSPS) is 11.3. The van der Waals surface area contributed by atoms with E-state index in [1.807, 2.05) is 0 Å². The molecule has 0 aliphatic carbocycles. The van der Waals surface area contributed by atoms with Gasteiger partial charge in [-0.1, -0.05) is 0 Å². The molecule has 0 atom stereocenters. The highest BCUT2D eigenvalue weighted by Gasteiger charge is 2.22. The molecule has 0 aliphatic rings. The van der Waals surface area contributed by atoms with Crippen LogP contribution in [0.5, 0.6) is 0 Å². The monoisotopic (exact) mass is 285 g/mol. The van der Waals surface area contributed by atoms with Crippen LogP contribution in [0.4, 0.5) is 13.2 Å². The fraction of sp³-hybridized carbons (Fsp3) is 0.231. The van der Waals surface area contributed by atoms with Gasteiger partial charge in [-0.3, -0.25) is 4.79 Å². The number of fused-ring (bicyclic) bond motifs is 1. The molecule has 0 bridgehead atoms. The third-order valence-corrected chi connectivity index (χ3v) is 2.94. The van der Waals surface area contributed by atoms with Crippen molar-refractivity contribution in [2.45, 2.75) is 19.9 Å². The highest BCUT2D eigenvalue weighted by Crippen LogP contribution is 2.24. The molecular formula is C13H10F3NO3. The van der Waals surface area contributed by atoms with Gasteiger partial charge < -0.3 is 9.67 Å². The third-order valence-electron chi connectivity index (χ3n) is 2.94. The predicted octanol–water partition coefficient (Wildman–Crippen LogP) is 2.70. The second kappa shape index (κ2) is 4.66. The Morgan fingerprint density at radius 2 is 1.85 bits per heavy atom. The van der Waals surface area contributed by atoms with Gasteiger partial charge in [-0.15, -0.1) is 0 Å². The van der Waals surface area contributed by atoms with Crippen LogP contribution in [-0.2, 0) is 0 Å². The molecule has 106 valence electrons. The van der Waals surface area contributed by atoms with Gasteiger partial charge in [0.2, 0.25) is 5.43 Å². The number of hydrogen-bond acceptors (Lipinski definition) is 2. The van der Waals surface area contributed by atoms with Gasteiger partial charge in [0.15, 0.2) is 17.5 Å². The summed E-state index contributed by atoms with van der Waals surface area (Å²) in [6.07, 6.45) is 0.929. The van der Waals surface area contributed by atoms with Crippen molar-refractivity contribution in [3.63, 3.8) is 0 Å². The molecule has 1 aromatic carbocycles. The topological polar surface area (TPSA) is 59.3 Å². The van der Waals surface area contributed by atoms with Gasteiger partial charge in [0, 0.05) is 12.2 Å². The van der Waals surface area contributed by atoms with E-state index < -0.39 is 51.4 Å². The van der Waals surface area contributed by atoms with Crippen LogP contribution in [-0.4, -0.2) is 15.6 Å². The maximum absolute atomic E-state index is 13.9. The van der Waals surface area contributed by atoms with Crippen LogP contribution in [0.15, 0.2) is 17.1 Å². The average molecular weight is 285 g/mol. The largest absolute Gasteiger partial charge is 0.477 e. The average Bonchev–Trinajstić information content (AvgIpc) is 2.36. The lowest BCUT2D eigenvalue weighted by molar-refractivity contribution is 0.0694. The van der Waals surface area contributed by atoms with Gasteiger partial charge in [-0.05, 0) is 19.9 Å². The maximum Gasteiger partial charge on any atom is 0.341 e. The number of halogens is 3. The van der Waals surface area contributed by atoms with E-state index in [1.54, 1.807) is 13.8 Å². The van der Waals surface area contributed by atoms with Gasteiger partial charge in [0.05, 0.1) is 10.9 Å². The summed E-state index contributed by atoms with van der Waals surface area (Å²) in [5.74, 6) is -6.27. The van der Waals surface area contributed by atoms with Crippen molar-refractivity contribution in [3.05, 3.63) is 45.5 Å². The number of hydrogen-bond donors (Lipinski definition) is 1. The summed E-state index contributed by atoms with van der Waals surface area (Å²) in [6, 6.07) is 0.0667. The molecule has 0 amide bonds. The van der Waals surface area contributed by atoms with Gasteiger partial charge >= 0.3 is 5.97 Å². The van der Waals surface area contributed by atoms with Crippen molar-refractivity contribution in [1.29, 1.82) is 0 Å². The molecule has 0 spiro atoms. The Balaban J connectivity index is 3.11. The minimum Gasteiger partial charge on any atom is -0.477 e. The second-order valence-electron chi connectivity index (χ2n) is 4.56. The van der Waals surface area contributed by atoms with E-state index in [0.717, 1.165) is 10.8 Å². The Kier molecular flexibility index (Phi) is 3.29. The van der Waals surface area contributed by atoms with Gasteiger partial charge in [-0.2, -0.15) is 0 Å². The number of pyridine rings is 1.